The van der Waals surface area contributed by atoms with Gasteiger partial charge in [0, 0.05) is 11.5 Å². The average molecular weight is 308 g/mol. The number of carbonyl (C=O) groups excluding carboxylic acids is 1. The molecule has 4 rings (SSSR count). The lowest BCUT2D eigenvalue weighted by Crippen LogP contribution is -2.20. The number of benzene rings is 1. The smallest absolute Gasteiger partial charge is 0.255 e. The van der Waals surface area contributed by atoms with Crippen LogP contribution in [0.25, 0.3) is 28.1 Å². The van der Waals surface area contributed by atoms with Crippen molar-refractivity contribution in [2.75, 3.05) is 6.61 Å². The van der Waals surface area contributed by atoms with Gasteiger partial charge in [0.15, 0.2) is 18.0 Å². The van der Waals surface area contributed by atoms with Crippen LogP contribution in [0.1, 0.15) is 0 Å². The molecular formula is C16H12N4O3. The fourth-order valence-electron chi connectivity index (χ4n) is 2.35. The molecule has 0 aliphatic heterocycles. The summed E-state index contributed by atoms with van der Waals surface area (Å²) in [5, 5.41) is 5.32. The van der Waals surface area contributed by atoms with E-state index in [1.165, 1.54) is 0 Å². The second kappa shape index (κ2) is 5.13. The van der Waals surface area contributed by atoms with Gasteiger partial charge in [0.2, 0.25) is 5.88 Å². The van der Waals surface area contributed by atoms with Gasteiger partial charge < -0.3 is 14.9 Å². The highest BCUT2D eigenvalue weighted by molar-refractivity contribution is 5.82. The van der Waals surface area contributed by atoms with Crippen molar-refractivity contribution < 1.29 is 13.9 Å². The Kier molecular flexibility index (Phi) is 2.97. The molecule has 0 spiro atoms. The van der Waals surface area contributed by atoms with Crippen molar-refractivity contribution in [3.05, 3.63) is 48.7 Å². The zero-order valence-corrected chi connectivity index (χ0v) is 12.0. The summed E-state index contributed by atoms with van der Waals surface area (Å²) < 4.78 is 12.7. The zero-order chi connectivity index (χ0) is 15.8. The monoisotopic (exact) mass is 308 g/mol. The second-order valence-electron chi connectivity index (χ2n) is 4.99. The van der Waals surface area contributed by atoms with E-state index in [2.05, 4.69) is 10.1 Å². The molecule has 7 heteroatoms. The number of rotatable bonds is 4. The Balaban J connectivity index is 1.79. The topological polar surface area (TPSA) is 95.7 Å². The van der Waals surface area contributed by atoms with Gasteiger partial charge in [-0.2, -0.15) is 0 Å². The maximum absolute atomic E-state index is 10.8. The molecule has 0 bridgehead atoms. The number of hydrogen-bond acceptors (Lipinski definition) is 5. The summed E-state index contributed by atoms with van der Waals surface area (Å²) in [6.45, 7) is -0.229. The predicted molar refractivity (Wildman–Crippen MR) is 82.9 cm³/mol. The summed E-state index contributed by atoms with van der Waals surface area (Å²) >= 11 is 0. The number of ether oxygens (including phenoxy) is 1. The lowest BCUT2D eigenvalue weighted by atomic mass is 10.2. The van der Waals surface area contributed by atoms with E-state index < -0.39 is 5.91 Å². The van der Waals surface area contributed by atoms with Crippen LogP contribution < -0.4 is 10.5 Å². The van der Waals surface area contributed by atoms with Crippen molar-refractivity contribution in [3.63, 3.8) is 0 Å². The second-order valence-corrected chi connectivity index (χ2v) is 4.99. The third-order valence-electron chi connectivity index (χ3n) is 3.38. The summed E-state index contributed by atoms with van der Waals surface area (Å²) in [5.74, 6) is 0.375. The molecule has 3 aromatic heterocycles. The molecule has 0 aliphatic rings. The van der Waals surface area contributed by atoms with Crippen LogP contribution in [0.2, 0.25) is 0 Å². The Hall–Kier alpha value is -3.35. The molecule has 0 saturated carbocycles. The molecule has 4 aromatic rings. The zero-order valence-electron chi connectivity index (χ0n) is 12.0. The van der Waals surface area contributed by atoms with Crippen molar-refractivity contribution in [2.45, 2.75) is 0 Å². The molecule has 0 radical (unpaired) electrons. The van der Waals surface area contributed by atoms with Crippen molar-refractivity contribution in [1.29, 1.82) is 0 Å². The van der Waals surface area contributed by atoms with Crippen LogP contribution in [0.15, 0.2) is 53.1 Å². The SMILES string of the molecule is NC(=O)COc1ccc2ncc(-c3cc4ccccc4o3)n2n1. The van der Waals surface area contributed by atoms with Crippen molar-refractivity contribution in [1.82, 2.24) is 14.6 Å². The minimum atomic E-state index is -0.560. The van der Waals surface area contributed by atoms with Gasteiger partial charge in [-0.05, 0) is 18.2 Å². The number of carbonyl (C=O) groups is 1. The van der Waals surface area contributed by atoms with Crippen molar-refractivity contribution >= 4 is 22.5 Å². The van der Waals surface area contributed by atoms with Crippen LogP contribution in [0, 0.1) is 0 Å². The third kappa shape index (κ3) is 2.38. The van der Waals surface area contributed by atoms with Gasteiger partial charge in [-0.15, -0.1) is 5.10 Å². The fourth-order valence-corrected chi connectivity index (χ4v) is 2.35. The first-order valence-corrected chi connectivity index (χ1v) is 6.95. The number of furan rings is 1. The molecule has 0 fully saturated rings. The highest BCUT2D eigenvalue weighted by atomic mass is 16.5. The van der Waals surface area contributed by atoms with E-state index in [0.717, 1.165) is 11.0 Å². The molecular weight excluding hydrogens is 296 g/mol. The molecule has 1 aromatic carbocycles. The first kappa shape index (κ1) is 13.3. The fraction of sp³-hybridized carbons (Fsp3) is 0.0625. The number of fused-ring (bicyclic) bond motifs is 2. The molecule has 114 valence electrons. The molecule has 0 aliphatic carbocycles. The minimum Gasteiger partial charge on any atom is -0.467 e. The quantitative estimate of drug-likeness (QED) is 0.622. The molecule has 1 amide bonds. The Bertz CT molecular complexity index is 985. The van der Waals surface area contributed by atoms with Gasteiger partial charge in [-0.3, -0.25) is 4.79 Å². The molecule has 2 N–H and O–H groups in total. The largest absolute Gasteiger partial charge is 0.467 e. The number of hydrogen-bond donors (Lipinski definition) is 1. The van der Waals surface area contributed by atoms with E-state index in [0.29, 0.717) is 17.1 Å². The molecule has 0 atom stereocenters. The Morgan fingerprint density at radius 3 is 2.96 bits per heavy atom. The normalized spacial score (nSPS) is 11.1. The van der Waals surface area contributed by atoms with Gasteiger partial charge in [0.25, 0.3) is 5.91 Å². The number of imidazole rings is 1. The number of primary amides is 1. The maximum Gasteiger partial charge on any atom is 0.255 e. The average Bonchev–Trinajstić information content (AvgIpc) is 3.15. The Morgan fingerprint density at radius 1 is 1.26 bits per heavy atom. The van der Waals surface area contributed by atoms with Crippen molar-refractivity contribution in [2.24, 2.45) is 5.73 Å². The van der Waals surface area contributed by atoms with Gasteiger partial charge in [0.05, 0.1) is 6.20 Å². The summed E-state index contributed by atoms with van der Waals surface area (Å²) in [5.41, 5.74) is 7.20. The molecule has 7 nitrogen and oxygen atoms in total. The van der Waals surface area contributed by atoms with Gasteiger partial charge in [0.1, 0.15) is 11.3 Å². The summed E-state index contributed by atoms with van der Waals surface area (Å²) in [6, 6.07) is 13.0. The van der Waals surface area contributed by atoms with Crippen LogP contribution in [0.3, 0.4) is 0 Å². The van der Waals surface area contributed by atoms with E-state index in [9.17, 15) is 4.79 Å². The third-order valence-corrected chi connectivity index (χ3v) is 3.38. The highest BCUT2D eigenvalue weighted by Crippen LogP contribution is 2.28. The van der Waals surface area contributed by atoms with Crippen molar-refractivity contribution in [3.8, 4) is 17.3 Å². The van der Waals surface area contributed by atoms with E-state index in [1.807, 2.05) is 30.3 Å². The van der Waals surface area contributed by atoms with E-state index in [1.54, 1.807) is 22.8 Å². The van der Waals surface area contributed by atoms with E-state index >= 15 is 0 Å². The Morgan fingerprint density at radius 2 is 2.13 bits per heavy atom. The van der Waals surface area contributed by atoms with Crippen LogP contribution in [0.5, 0.6) is 5.88 Å². The molecule has 0 unspecified atom stereocenters. The highest BCUT2D eigenvalue weighted by Gasteiger charge is 2.13. The number of para-hydroxylation sites is 1. The molecule has 3 heterocycles. The summed E-state index contributed by atoms with van der Waals surface area (Å²) in [6.07, 6.45) is 1.68. The van der Waals surface area contributed by atoms with E-state index in [-0.39, 0.29) is 12.5 Å². The van der Waals surface area contributed by atoms with E-state index in [4.69, 9.17) is 14.9 Å². The number of nitrogens with zero attached hydrogens (tertiary/aromatic N) is 3. The van der Waals surface area contributed by atoms with Crippen LogP contribution in [0.4, 0.5) is 0 Å². The molecule has 0 saturated heterocycles. The first-order valence-electron chi connectivity index (χ1n) is 6.95. The standard InChI is InChI=1S/C16H12N4O3/c17-14(21)9-22-16-6-5-15-18-8-11(20(15)19-16)13-7-10-3-1-2-4-12(10)23-13/h1-8H,9H2,(H2,17,21). The maximum atomic E-state index is 10.8. The predicted octanol–water partition coefficient (Wildman–Crippen LogP) is 2.01. The van der Waals surface area contributed by atoms with Crippen LogP contribution in [-0.2, 0) is 4.79 Å². The molecule has 23 heavy (non-hydrogen) atoms. The number of amides is 1. The minimum absolute atomic E-state index is 0.229. The van der Waals surface area contributed by atoms with Gasteiger partial charge >= 0.3 is 0 Å². The first-order chi connectivity index (χ1) is 11.2. The number of aromatic nitrogens is 3. The van der Waals surface area contributed by atoms with Gasteiger partial charge in [-0.25, -0.2) is 9.50 Å². The lowest BCUT2D eigenvalue weighted by molar-refractivity contribution is -0.120. The number of nitrogens with two attached hydrogens (primary N) is 1. The van der Waals surface area contributed by atoms with Gasteiger partial charge in [-0.1, -0.05) is 18.2 Å². The summed E-state index contributed by atoms with van der Waals surface area (Å²) in [4.78, 5) is 15.1. The Labute approximate surface area is 130 Å². The lowest BCUT2D eigenvalue weighted by Gasteiger charge is -2.03. The summed E-state index contributed by atoms with van der Waals surface area (Å²) in [7, 11) is 0. The van der Waals surface area contributed by atoms with Crippen LogP contribution >= 0.6 is 0 Å². The van der Waals surface area contributed by atoms with Crippen LogP contribution in [-0.4, -0.2) is 27.1 Å².